The molecule has 0 spiro atoms. The van der Waals surface area contributed by atoms with Gasteiger partial charge in [0.15, 0.2) is 5.78 Å². The summed E-state index contributed by atoms with van der Waals surface area (Å²) in [5.74, 6) is 1.09. The van der Waals surface area contributed by atoms with Crippen LogP contribution in [0.15, 0.2) is 59.6 Å². The van der Waals surface area contributed by atoms with Crippen LogP contribution in [0.2, 0.25) is 0 Å². The molecule has 0 unspecified atom stereocenters. The number of rotatable bonds is 7. The molecule has 5 nitrogen and oxygen atoms in total. The minimum Gasteiger partial charge on any atom is -0.497 e. The zero-order valence-corrected chi connectivity index (χ0v) is 15.6. The molecule has 0 saturated carbocycles. The molecule has 3 rings (SSSR count). The van der Waals surface area contributed by atoms with Gasteiger partial charge in [0.25, 0.3) is 0 Å². The van der Waals surface area contributed by atoms with Gasteiger partial charge in [-0.3, -0.25) is 4.79 Å². The Morgan fingerprint density at radius 3 is 2.41 bits per heavy atom. The molecule has 3 aromatic rings. The summed E-state index contributed by atoms with van der Waals surface area (Å²) >= 11 is 1.28. The molecule has 0 radical (unpaired) electrons. The average Bonchev–Trinajstić information content (AvgIpc) is 2.72. The summed E-state index contributed by atoms with van der Waals surface area (Å²) in [6.45, 7) is 0. The third-order valence-corrected chi connectivity index (χ3v) is 4.76. The summed E-state index contributed by atoms with van der Waals surface area (Å²) < 4.78 is 23.5. The van der Waals surface area contributed by atoms with E-state index in [4.69, 9.17) is 9.47 Å². The van der Waals surface area contributed by atoms with Crippen LogP contribution >= 0.6 is 11.8 Å². The van der Waals surface area contributed by atoms with Crippen LogP contribution in [0.5, 0.6) is 11.5 Å². The summed E-state index contributed by atoms with van der Waals surface area (Å²) in [6, 6.07) is 14.5. The van der Waals surface area contributed by atoms with E-state index < -0.39 is 0 Å². The van der Waals surface area contributed by atoms with E-state index in [1.54, 1.807) is 32.4 Å². The van der Waals surface area contributed by atoms with E-state index in [-0.39, 0.29) is 17.4 Å². The number of halogens is 1. The lowest BCUT2D eigenvalue weighted by atomic mass is 10.1. The summed E-state index contributed by atoms with van der Waals surface area (Å²) in [7, 11) is 3.18. The van der Waals surface area contributed by atoms with Gasteiger partial charge in [-0.15, -0.1) is 10.2 Å². The monoisotopic (exact) mass is 384 g/mol. The highest BCUT2D eigenvalue weighted by molar-refractivity contribution is 7.99. The number of methoxy groups -OCH3 is 2. The number of hydrogen-bond acceptors (Lipinski definition) is 6. The molecule has 138 valence electrons. The van der Waals surface area contributed by atoms with E-state index >= 15 is 0 Å². The molecule has 0 aliphatic heterocycles. The Balaban J connectivity index is 1.70. The number of carbonyl (C=O) groups is 1. The van der Waals surface area contributed by atoms with Gasteiger partial charge < -0.3 is 9.47 Å². The number of hydrogen-bond donors (Lipinski definition) is 0. The number of thioether (sulfide) groups is 1. The molecule has 0 fully saturated rings. The Morgan fingerprint density at radius 1 is 1.00 bits per heavy atom. The van der Waals surface area contributed by atoms with E-state index in [2.05, 4.69) is 10.2 Å². The van der Waals surface area contributed by atoms with Crippen molar-refractivity contribution in [3.63, 3.8) is 0 Å². The van der Waals surface area contributed by atoms with Gasteiger partial charge in [0.1, 0.15) is 22.3 Å². The van der Waals surface area contributed by atoms with Crippen molar-refractivity contribution < 1.29 is 18.7 Å². The molecular formula is C20H17FN2O3S. The fraction of sp³-hybridized carbons (Fsp3) is 0.150. The Hall–Kier alpha value is -2.93. The van der Waals surface area contributed by atoms with Crippen LogP contribution in [0.1, 0.15) is 10.4 Å². The summed E-state index contributed by atoms with van der Waals surface area (Å²) in [6.07, 6.45) is 0. The van der Waals surface area contributed by atoms with Crippen molar-refractivity contribution in [2.75, 3.05) is 20.0 Å². The molecule has 1 heterocycles. The van der Waals surface area contributed by atoms with E-state index in [9.17, 15) is 9.18 Å². The summed E-state index contributed by atoms with van der Waals surface area (Å²) in [5, 5.41) is 9.02. The number of benzene rings is 2. The number of ketones is 1. The third kappa shape index (κ3) is 4.62. The molecule has 27 heavy (non-hydrogen) atoms. The van der Waals surface area contributed by atoms with Crippen LogP contribution in [0.25, 0.3) is 11.3 Å². The first kappa shape index (κ1) is 18.8. The Bertz CT molecular complexity index is 931. The lowest BCUT2D eigenvalue weighted by Gasteiger charge is -2.09. The molecule has 0 aliphatic rings. The van der Waals surface area contributed by atoms with Gasteiger partial charge in [-0.2, -0.15) is 0 Å². The fourth-order valence-electron chi connectivity index (χ4n) is 2.41. The minimum atomic E-state index is -0.367. The molecule has 0 atom stereocenters. The zero-order chi connectivity index (χ0) is 19.2. The first-order chi connectivity index (χ1) is 13.1. The van der Waals surface area contributed by atoms with Crippen LogP contribution in [0.4, 0.5) is 4.39 Å². The normalized spacial score (nSPS) is 10.5. The quantitative estimate of drug-likeness (QED) is 0.448. The molecule has 7 heteroatoms. The van der Waals surface area contributed by atoms with Gasteiger partial charge >= 0.3 is 0 Å². The molecule has 0 amide bonds. The average molecular weight is 384 g/mol. The van der Waals surface area contributed by atoms with Crippen molar-refractivity contribution >= 4 is 17.5 Å². The lowest BCUT2D eigenvalue weighted by Crippen LogP contribution is -2.03. The Labute approximate surface area is 160 Å². The second-order valence-electron chi connectivity index (χ2n) is 5.54. The second kappa shape index (κ2) is 8.64. The van der Waals surface area contributed by atoms with Crippen LogP contribution in [0, 0.1) is 5.82 Å². The van der Waals surface area contributed by atoms with E-state index in [1.807, 2.05) is 12.1 Å². The van der Waals surface area contributed by atoms with Crippen molar-refractivity contribution in [2.45, 2.75) is 5.03 Å². The largest absolute Gasteiger partial charge is 0.497 e. The Morgan fingerprint density at radius 2 is 1.78 bits per heavy atom. The molecule has 0 N–H and O–H groups in total. The first-order valence-electron chi connectivity index (χ1n) is 8.08. The van der Waals surface area contributed by atoms with E-state index in [0.29, 0.717) is 27.8 Å². The van der Waals surface area contributed by atoms with Crippen LogP contribution in [0.3, 0.4) is 0 Å². The number of aromatic nitrogens is 2. The van der Waals surface area contributed by atoms with Crippen LogP contribution < -0.4 is 9.47 Å². The smallest absolute Gasteiger partial charge is 0.173 e. The number of carbonyl (C=O) groups excluding carboxylic acids is 1. The number of nitrogens with zero attached hydrogens (tertiary/aromatic N) is 2. The predicted octanol–water partition coefficient (Wildman–Crippen LogP) is 4.27. The number of ether oxygens (including phenoxy) is 2. The topological polar surface area (TPSA) is 61.3 Å². The van der Waals surface area contributed by atoms with Gasteiger partial charge in [-0.25, -0.2) is 4.39 Å². The SMILES string of the molecule is COc1ccc(OC)c(-c2ccc(SCC(=O)c3ccc(F)cc3)nn2)c1. The van der Waals surface area contributed by atoms with E-state index in [0.717, 1.165) is 5.56 Å². The first-order valence-corrected chi connectivity index (χ1v) is 9.07. The van der Waals surface area contributed by atoms with Crippen LogP contribution in [-0.2, 0) is 0 Å². The minimum absolute atomic E-state index is 0.0969. The maximum absolute atomic E-state index is 12.9. The van der Waals surface area contributed by atoms with E-state index in [1.165, 1.54) is 36.0 Å². The van der Waals surface area contributed by atoms with Gasteiger partial charge in [0.05, 0.1) is 25.7 Å². The molecule has 0 saturated heterocycles. The standard InChI is InChI=1S/C20H17FN2O3S/c1-25-15-7-9-19(26-2)16(11-15)17-8-10-20(23-22-17)27-12-18(24)13-3-5-14(21)6-4-13/h3-11H,12H2,1-2H3. The second-order valence-corrected chi connectivity index (χ2v) is 6.54. The molecule has 0 aliphatic carbocycles. The van der Waals surface area contributed by atoms with Crippen molar-refractivity contribution in [2.24, 2.45) is 0 Å². The van der Waals surface area contributed by atoms with Crippen LogP contribution in [-0.4, -0.2) is 36.0 Å². The summed E-state index contributed by atoms with van der Waals surface area (Å²) in [4.78, 5) is 12.1. The number of Topliss-reactive ketones (excluding diaryl/α,β-unsaturated/α-hetero) is 1. The van der Waals surface area contributed by atoms with Gasteiger partial charge in [-0.1, -0.05) is 11.8 Å². The van der Waals surface area contributed by atoms with Gasteiger partial charge in [0.2, 0.25) is 0 Å². The molecule has 1 aromatic heterocycles. The lowest BCUT2D eigenvalue weighted by molar-refractivity contribution is 0.102. The maximum Gasteiger partial charge on any atom is 0.173 e. The fourth-order valence-corrected chi connectivity index (χ4v) is 3.12. The van der Waals surface area contributed by atoms with Crippen molar-refractivity contribution in [1.29, 1.82) is 0 Å². The highest BCUT2D eigenvalue weighted by Crippen LogP contribution is 2.32. The van der Waals surface area contributed by atoms with Gasteiger partial charge in [-0.05, 0) is 54.6 Å². The third-order valence-electron chi connectivity index (χ3n) is 3.84. The summed E-state index contributed by atoms with van der Waals surface area (Å²) in [5.41, 5.74) is 1.87. The highest BCUT2D eigenvalue weighted by atomic mass is 32.2. The Kier molecular flexibility index (Phi) is 6.03. The maximum atomic E-state index is 12.9. The molecule has 0 bridgehead atoms. The molecular weight excluding hydrogens is 367 g/mol. The van der Waals surface area contributed by atoms with Gasteiger partial charge in [0, 0.05) is 11.1 Å². The van der Waals surface area contributed by atoms with Crippen molar-refractivity contribution in [1.82, 2.24) is 10.2 Å². The molecule has 2 aromatic carbocycles. The zero-order valence-electron chi connectivity index (χ0n) is 14.8. The highest BCUT2D eigenvalue weighted by Gasteiger charge is 2.11. The van der Waals surface area contributed by atoms with Crippen molar-refractivity contribution in [3.8, 4) is 22.8 Å². The predicted molar refractivity (Wildman–Crippen MR) is 102 cm³/mol. The van der Waals surface area contributed by atoms with Crippen molar-refractivity contribution in [3.05, 3.63) is 66.0 Å².